The molecule has 0 fully saturated rings. The van der Waals surface area contributed by atoms with Gasteiger partial charge in [-0.2, -0.15) is 13.2 Å². The summed E-state index contributed by atoms with van der Waals surface area (Å²) in [5.41, 5.74) is -1.15. The van der Waals surface area contributed by atoms with E-state index in [-0.39, 0.29) is 5.56 Å². The van der Waals surface area contributed by atoms with Gasteiger partial charge in [-0.25, -0.2) is 4.39 Å². The third kappa shape index (κ3) is 5.28. The molecule has 0 heterocycles. The highest BCUT2D eigenvalue weighted by Gasteiger charge is 2.35. The Balaban J connectivity index is 3.00. The van der Waals surface area contributed by atoms with Crippen molar-refractivity contribution in [1.29, 1.82) is 0 Å². The second-order valence-electron chi connectivity index (χ2n) is 4.85. The van der Waals surface area contributed by atoms with E-state index in [1.54, 1.807) is 7.11 Å². The van der Waals surface area contributed by atoms with Gasteiger partial charge in [-0.3, -0.25) is 0 Å². The van der Waals surface area contributed by atoms with Crippen molar-refractivity contribution in [2.75, 3.05) is 20.3 Å². The summed E-state index contributed by atoms with van der Waals surface area (Å²) in [6, 6.07) is 2.98. The number of alkyl halides is 3. The fourth-order valence-electron chi connectivity index (χ4n) is 2.16. The molecule has 0 spiro atoms. The number of hydrogen-bond acceptors (Lipinski definition) is 2. The monoisotopic (exact) mass is 307 g/mol. The summed E-state index contributed by atoms with van der Waals surface area (Å²) in [5.74, 6) is -1.18. The number of ether oxygens (including phenoxy) is 1. The number of methoxy groups -OCH3 is 1. The van der Waals surface area contributed by atoms with Gasteiger partial charge in [0.15, 0.2) is 0 Å². The van der Waals surface area contributed by atoms with E-state index in [9.17, 15) is 17.6 Å². The molecule has 0 saturated heterocycles. The molecule has 1 unspecified atom stereocenters. The van der Waals surface area contributed by atoms with Crippen LogP contribution in [-0.4, -0.2) is 20.3 Å². The molecule has 1 aromatic carbocycles. The molecular weight excluding hydrogens is 286 g/mol. The van der Waals surface area contributed by atoms with Gasteiger partial charge in [0.2, 0.25) is 0 Å². The first kappa shape index (κ1) is 17.9. The molecule has 1 N–H and O–H groups in total. The van der Waals surface area contributed by atoms with E-state index < -0.39 is 23.6 Å². The standard InChI is InChI=1S/C15H21F4NO/c1-3-9-20-13(8-5-10-21-2)11-6-4-7-12(14(11)16)15(17,18)19/h4,6-7,13,20H,3,5,8-10H2,1-2H3. The predicted octanol–water partition coefficient (Wildman–Crippen LogP) is 4.31. The lowest BCUT2D eigenvalue weighted by molar-refractivity contribution is -0.140. The highest BCUT2D eigenvalue weighted by Crippen LogP contribution is 2.34. The molecule has 6 heteroatoms. The van der Waals surface area contributed by atoms with Gasteiger partial charge in [0.25, 0.3) is 0 Å². The number of hydrogen-bond donors (Lipinski definition) is 1. The van der Waals surface area contributed by atoms with Crippen molar-refractivity contribution >= 4 is 0 Å². The zero-order valence-electron chi connectivity index (χ0n) is 12.3. The normalized spacial score (nSPS) is 13.4. The van der Waals surface area contributed by atoms with Gasteiger partial charge in [-0.15, -0.1) is 0 Å². The van der Waals surface area contributed by atoms with Gasteiger partial charge >= 0.3 is 6.18 Å². The SMILES string of the molecule is CCCNC(CCCOC)c1cccc(C(F)(F)F)c1F. The summed E-state index contributed by atoms with van der Waals surface area (Å²) in [6.45, 7) is 3.06. The molecule has 1 aromatic rings. The Morgan fingerprint density at radius 2 is 2.00 bits per heavy atom. The zero-order valence-corrected chi connectivity index (χ0v) is 12.3. The minimum atomic E-state index is -4.68. The fraction of sp³-hybridized carbons (Fsp3) is 0.600. The quantitative estimate of drug-likeness (QED) is 0.571. The van der Waals surface area contributed by atoms with E-state index in [1.165, 1.54) is 12.1 Å². The maximum absolute atomic E-state index is 14.2. The molecule has 0 aliphatic rings. The topological polar surface area (TPSA) is 21.3 Å². The number of benzene rings is 1. The Morgan fingerprint density at radius 3 is 2.57 bits per heavy atom. The lowest BCUT2D eigenvalue weighted by Crippen LogP contribution is -2.24. The van der Waals surface area contributed by atoms with Crippen LogP contribution in [0.15, 0.2) is 18.2 Å². The van der Waals surface area contributed by atoms with Crippen LogP contribution in [0, 0.1) is 5.82 Å². The summed E-state index contributed by atoms with van der Waals surface area (Å²) >= 11 is 0. The highest BCUT2D eigenvalue weighted by atomic mass is 19.4. The van der Waals surface area contributed by atoms with Gasteiger partial charge in [0.05, 0.1) is 5.56 Å². The van der Waals surface area contributed by atoms with E-state index in [1.807, 2.05) is 6.92 Å². The van der Waals surface area contributed by atoms with E-state index in [0.29, 0.717) is 26.0 Å². The number of halogens is 4. The van der Waals surface area contributed by atoms with Crippen LogP contribution in [-0.2, 0) is 10.9 Å². The van der Waals surface area contributed by atoms with Crippen molar-refractivity contribution in [3.8, 4) is 0 Å². The first-order valence-electron chi connectivity index (χ1n) is 6.99. The molecule has 1 rings (SSSR count). The van der Waals surface area contributed by atoms with Crippen LogP contribution in [0.3, 0.4) is 0 Å². The van der Waals surface area contributed by atoms with Gasteiger partial charge in [0, 0.05) is 25.3 Å². The Kier molecular flexibility index (Phi) is 7.11. The average molecular weight is 307 g/mol. The molecule has 0 aliphatic heterocycles. The molecule has 2 nitrogen and oxygen atoms in total. The van der Waals surface area contributed by atoms with Crippen molar-refractivity contribution in [3.05, 3.63) is 35.1 Å². The Labute approximate surface area is 122 Å². The van der Waals surface area contributed by atoms with Crippen LogP contribution >= 0.6 is 0 Å². The molecule has 1 atom stereocenters. The van der Waals surface area contributed by atoms with Crippen LogP contribution < -0.4 is 5.32 Å². The Morgan fingerprint density at radius 1 is 1.29 bits per heavy atom. The average Bonchev–Trinajstić information content (AvgIpc) is 2.42. The van der Waals surface area contributed by atoms with E-state index >= 15 is 0 Å². The molecule has 120 valence electrons. The summed E-state index contributed by atoms with van der Waals surface area (Å²) in [6.07, 6.45) is -2.69. The fourth-order valence-corrected chi connectivity index (χ4v) is 2.16. The van der Waals surface area contributed by atoms with E-state index in [4.69, 9.17) is 4.74 Å². The van der Waals surface area contributed by atoms with Crippen LogP contribution in [0.4, 0.5) is 17.6 Å². The lowest BCUT2D eigenvalue weighted by atomic mass is 9.98. The van der Waals surface area contributed by atoms with Crippen molar-refractivity contribution in [3.63, 3.8) is 0 Å². The second-order valence-corrected chi connectivity index (χ2v) is 4.85. The van der Waals surface area contributed by atoms with Crippen LogP contribution in [0.5, 0.6) is 0 Å². The first-order chi connectivity index (χ1) is 9.91. The molecule has 21 heavy (non-hydrogen) atoms. The summed E-state index contributed by atoms with van der Waals surface area (Å²) in [4.78, 5) is 0. The third-order valence-electron chi connectivity index (χ3n) is 3.19. The maximum atomic E-state index is 14.2. The minimum absolute atomic E-state index is 0.0642. The Hall–Kier alpha value is -1.14. The largest absolute Gasteiger partial charge is 0.419 e. The van der Waals surface area contributed by atoms with Crippen molar-refractivity contribution in [2.24, 2.45) is 0 Å². The Bertz CT molecular complexity index is 434. The van der Waals surface area contributed by atoms with Crippen LogP contribution in [0.2, 0.25) is 0 Å². The van der Waals surface area contributed by atoms with Gasteiger partial charge < -0.3 is 10.1 Å². The maximum Gasteiger partial charge on any atom is 0.419 e. The molecule has 0 aromatic heterocycles. The second kappa shape index (κ2) is 8.34. The molecular formula is C15H21F4NO. The summed E-state index contributed by atoms with van der Waals surface area (Å²) < 4.78 is 57.4. The van der Waals surface area contributed by atoms with Gasteiger partial charge in [0.1, 0.15) is 5.82 Å². The summed E-state index contributed by atoms with van der Waals surface area (Å²) in [7, 11) is 1.55. The summed E-state index contributed by atoms with van der Waals surface area (Å²) in [5, 5.41) is 3.10. The van der Waals surface area contributed by atoms with E-state index in [2.05, 4.69) is 5.32 Å². The van der Waals surface area contributed by atoms with Crippen molar-refractivity contribution in [1.82, 2.24) is 5.32 Å². The number of nitrogens with one attached hydrogen (secondary N) is 1. The molecule has 0 amide bonds. The molecule has 0 bridgehead atoms. The third-order valence-corrected chi connectivity index (χ3v) is 3.19. The van der Waals surface area contributed by atoms with Crippen molar-refractivity contribution in [2.45, 2.75) is 38.4 Å². The first-order valence-corrected chi connectivity index (χ1v) is 6.99. The molecule has 0 aliphatic carbocycles. The number of rotatable bonds is 8. The smallest absolute Gasteiger partial charge is 0.385 e. The van der Waals surface area contributed by atoms with Crippen molar-refractivity contribution < 1.29 is 22.3 Å². The van der Waals surface area contributed by atoms with Gasteiger partial charge in [-0.1, -0.05) is 19.1 Å². The van der Waals surface area contributed by atoms with Gasteiger partial charge in [-0.05, 0) is 31.9 Å². The predicted molar refractivity (Wildman–Crippen MR) is 73.5 cm³/mol. The minimum Gasteiger partial charge on any atom is -0.385 e. The molecule has 0 radical (unpaired) electrons. The molecule has 0 saturated carbocycles. The van der Waals surface area contributed by atoms with E-state index in [0.717, 1.165) is 12.5 Å². The highest BCUT2D eigenvalue weighted by molar-refractivity contribution is 5.30. The lowest BCUT2D eigenvalue weighted by Gasteiger charge is -2.21. The zero-order chi connectivity index (χ0) is 15.9. The van der Waals surface area contributed by atoms with Crippen LogP contribution in [0.25, 0.3) is 0 Å². The van der Waals surface area contributed by atoms with Crippen LogP contribution in [0.1, 0.15) is 43.4 Å².